The van der Waals surface area contributed by atoms with Crippen LogP contribution in [0, 0.1) is 0 Å². The lowest BCUT2D eigenvalue weighted by Crippen LogP contribution is -2.47. The SMILES string of the molecule is CCOC(=O)c1c(NN2CCN(C)CC2)oc(C=C2C=Nc3ncccc32)c1O. The number of piperazine rings is 1. The third-order valence-corrected chi connectivity index (χ3v) is 4.86. The number of hydrogen-bond acceptors (Lipinski definition) is 9. The first-order valence-corrected chi connectivity index (χ1v) is 9.51. The molecule has 2 aromatic rings. The van der Waals surface area contributed by atoms with Gasteiger partial charge >= 0.3 is 5.97 Å². The molecule has 0 aliphatic carbocycles. The van der Waals surface area contributed by atoms with Crippen molar-refractivity contribution < 1.29 is 19.1 Å². The largest absolute Gasteiger partial charge is 0.504 e. The number of ether oxygens (including phenoxy) is 1. The molecule has 0 radical (unpaired) electrons. The lowest BCUT2D eigenvalue weighted by Gasteiger charge is -2.32. The van der Waals surface area contributed by atoms with E-state index >= 15 is 0 Å². The third kappa shape index (κ3) is 3.87. The molecule has 0 spiro atoms. The zero-order valence-electron chi connectivity index (χ0n) is 16.4. The first kappa shape index (κ1) is 19.2. The van der Waals surface area contributed by atoms with Gasteiger partial charge in [0.15, 0.2) is 22.9 Å². The molecule has 0 bridgehead atoms. The number of aromatic nitrogens is 1. The Morgan fingerprint density at radius 3 is 2.93 bits per heavy atom. The zero-order valence-corrected chi connectivity index (χ0v) is 16.4. The maximum absolute atomic E-state index is 12.5. The number of furan rings is 1. The molecule has 0 amide bonds. The maximum Gasteiger partial charge on any atom is 0.347 e. The minimum Gasteiger partial charge on any atom is -0.504 e. The number of rotatable bonds is 5. The topological polar surface area (TPSA) is 103 Å². The van der Waals surface area contributed by atoms with Gasteiger partial charge in [-0.15, -0.1) is 0 Å². The molecule has 9 nitrogen and oxygen atoms in total. The number of nitrogens with zero attached hydrogens (tertiary/aromatic N) is 4. The van der Waals surface area contributed by atoms with Crippen LogP contribution in [0.4, 0.5) is 11.7 Å². The number of aromatic hydroxyl groups is 1. The molecule has 2 aliphatic rings. The number of hydrogen-bond donors (Lipinski definition) is 2. The molecule has 0 saturated carbocycles. The van der Waals surface area contributed by atoms with E-state index in [1.807, 2.05) is 17.1 Å². The number of anilines is 1. The van der Waals surface area contributed by atoms with Gasteiger partial charge in [-0.25, -0.2) is 19.8 Å². The van der Waals surface area contributed by atoms with Gasteiger partial charge in [0.25, 0.3) is 0 Å². The second-order valence-electron chi connectivity index (χ2n) is 6.87. The Balaban J connectivity index is 1.67. The van der Waals surface area contributed by atoms with Crippen molar-refractivity contribution in [3.8, 4) is 5.75 Å². The average molecular weight is 397 g/mol. The summed E-state index contributed by atoms with van der Waals surface area (Å²) in [7, 11) is 2.06. The lowest BCUT2D eigenvalue weighted by molar-refractivity contribution is 0.0523. The number of carbonyl (C=O) groups is 1. The molecule has 0 unspecified atom stereocenters. The summed E-state index contributed by atoms with van der Waals surface area (Å²) in [6, 6.07) is 3.70. The monoisotopic (exact) mass is 397 g/mol. The molecule has 2 N–H and O–H groups in total. The van der Waals surface area contributed by atoms with Crippen molar-refractivity contribution in [1.29, 1.82) is 0 Å². The van der Waals surface area contributed by atoms with Gasteiger partial charge in [-0.3, -0.25) is 5.43 Å². The number of allylic oxidation sites excluding steroid dienone is 1. The van der Waals surface area contributed by atoms with E-state index in [-0.39, 0.29) is 29.6 Å². The fraction of sp³-hybridized carbons (Fsp3) is 0.350. The van der Waals surface area contributed by atoms with E-state index in [0.29, 0.717) is 5.82 Å². The Hall–Kier alpha value is -3.17. The highest BCUT2D eigenvalue weighted by Crippen LogP contribution is 2.38. The van der Waals surface area contributed by atoms with Crippen LogP contribution < -0.4 is 5.43 Å². The Morgan fingerprint density at radius 2 is 2.17 bits per heavy atom. The first-order valence-electron chi connectivity index (χ1n) is 9.51. The number of esters is 1. The highest BCUT2D eigenvalue weighted by molar-refractivity contribution is 6.21. The van der Waals surface area contributed by atoms with Crippen molar-refractivity contribution in [1.82, 2.24) is 14.9 Å². The summed E-state index contributed by atoms with van der Waals surface area (Å²) in [4.78, 5) is 23.1. The van der Waals surface area contributed by atoms with Crippen LogP contribution in [0.1, 0.15) is 28.6 Å². The zero-order chi connectivity index (χ0) is 20.4. The van der Waals surface area contributed by atoms with Gasteiger partial charge in [-0.1, -0.05) is 0 Å². The lowest BCUT2D eigenvalue weighted by atomic mass is 10.1. The van der Waals surface area contributed by atoms with Gasteiger partial charge < -0.3 is 19.2 Å². The Bertz CT molecular complexity index is 973. The van der Waals surface area contributed by atoms with E-state index in [9.17, 15) is 9.90 Å². The molecule has 29 heavy (non-hydrogen) atoms. The summed E-state index contributed by atoms with van der Waals surface area (Å²) in [5, 5.41) is 12.7. The predicted molar refractivity (Wildman–Crippen MR) is 109 cm³/mol. The fourth-order valence-corrected chi connectivity index (χ4v) is 3.25. The Labute approximate surface area is 168 Å². The van der Waals surface area contributed by atoms with Crippen LogP contribution in [-0.4, -0.2) is 72.0 Å². The summed E-state index contributed by atoms with van der Waals surface area (Å²) in [5.41, 5.74) is 4.67. The first-order chi connectivity index (χ1) is 14.1. The van der Waals surface area contributed by atoms with E-state index in [4.69, 9.17) is 9.15 Å². The van der Waals surface area contributed by atoms with Crippen LogP contribution in [0.5, 0.6) is 5.75 Å². The minimum absolute atomic E-state index is 0.0148. The van der Waals surface area contributed by atoms with Gasteiger partial charge in [0.1, 0.15) is 0 Å². The van der Waals surface area contributed by atoms with E-state index in [2.05, 4.69) is 27.3 Å². The van der Waals surface area contributed by atoms with Crippen molar-refractivity contribution in [2.75, 3.05) is 45.3 Å². The number of likely N-dealkylation sites (N-methyl/N-ethyl adjacent to an activating group) is 1. The quantitative estimate of drug-likeness (QED) is 0.742. The van der Waals surface area contributed by atoms with E-state index < -0.39 is 5.97 Å². The fourth-order valence-electron chi connectivity index (χ4n) is 3.25. The summed E-state index contributed by atoms with van der Waals surface area (Å²) < 4.78 is 11.0. The van der Waals surface area contributed by atoms with E-state index in [1.54, 1.807) is 25.4 Å². The molecule has 0 aromatic carbocycles. The summed E-state index contributed by atoms with van der Waals surface area (Å²) in [6.45, 7) is 5.17. The second-order valence-corrected chi connectivity index (χ2v) is 6.87. The average Bonchev–Trinajstić information content (AvgIpc) is 3.25. The molecule has 9 heteroatoms. The van der Waals surface area contributed by atoms with Crippen LogP contribution in [0.15, 0.2) is 27.7 Å². The minimum atomic E-state index is -0.641. The van der Waals surface area contributed by atoms with Crippen LogP contribution in [0.25, 0.3) is 11.6 Å². The van der Waals surface area contributed by atoms with Crippen molar-refractivity contribution in [2.24, 2.45) is 4.99 Å². The van der Waals surface area contributed by atoms with Crippen molar-refractivity contribution in [2.45, 2.75) is 6.92 Å². The molecule has 4 heterocycles. The van der Waals surface area contributed by atoms with Gasteiger partial charge in [0, 0.05) is 49.7 Å². The van der Waals surface area contributed by atoms with Crippen LogP contribution in [0.2, 0.25) is 0 Å². The Morgan fingerprint density at radius 1 is 1.38 bits per heavy atom. The van der Waals surface area contributed by atoms with Gasteiger partial charge in [-0.2, -0.15) is 0 Å². The molecule has 1 fully saturated rings. The van der Waals surface area contributed by atoms with Crippen LogP contribution in [0.3, 0.4) is 0 Å². The van der Waals surface area contributed by atoms with Crippen molar-refractivity contribution >= 4 is 35.5 Å². The molecular weight excluding hydrogens is 374 g/mol. The van der Waals surface area contributed by atoms with Gasteiger partial charge in [0.2, 0.25) is 5.88 Å². The number of carbonyl (C=O) groups excluding carboxylic acids is 1. The molecule has 2 aromatic heterocycles. The number of pyridine rings is 1. The number of aliphatic imine (C=N–C) groups is 1. The molecule has 1 saturated heterocycles. The second kappa shape index (κ2) is 8.06. The number of hydrazine groups is 1. The van der Waals surface area contributed by atoms with Gasteiger partial charge in [0.05, 0.1) is 6.61 Å². The van der Waals surface area contributed by atoms with Crippen LogP contribution >= 0.6 is 0 Å². The van der Waals surface area contributed by atoms with Gasteiger partial charge in [-0.05, 0) is 32.2 Å². The van der Waals surface area contributed by atoms with Crippen LogP contribution in [-0.2, 0) is 4.74 Å². The summed E-state index contributed by atoms with van der Waals surface area (Å²) in [6.07, 6.45) is 4.96. The van der Waals surface area contributed by atoms with Crippen molar-refractivity contribution in [3.63, 3.8) is 0 Å². The molecule has 152 valence electrons. The smallest absolute Gasteiger partial charge is 0.347 e. The maximum atomic E-state index is 12.5. The highest BCUT2D eigenvalue weighted by Gasteiger charge is 2.28. The highest BCUT2D eigenvalue weighted by atomic mass is 16.5. The third-order valence-electron chi connectivity index (χ3n) is 4.86. The number of nitrogens with one attached hydrogen (secondary N) is 1. The molecule has 0 atom stereocenters. The molecule has 2 aliphatic heterocycles. The van der Waals surface area contributed by atoms with E-state index in [0.717, 1.165) is 37.3 Å². The standard InChI is InChI=1S/C20H23N5O4/c1-3-28-20(27)16-17(26)15(11-13-12-22-18-14(13)5-4-6-21-18)29-19(16)23-25-9-7-24(2)8-10-25/h4-6,11-12,23,26H,3,7-10H2,1-2H3. The predicted octanol–water partition coefficient (Wildman–Crippen LogP) is 2.39. The normalized spacial score (nSPS) is 18.2. The summed E-state index contributed by atoms with van der Waals surface area (Å²) >= 11 is 0. The van der Waals surface area contributed by atoms with E-state index in [1.165, 1.54) is 0 Å². The summed E-state index contributed by atoms with van der Waals surface area (Å²) in [5.74, 6) is 0.0169. The van der Waals surface area contributed by atoms with Crippen molar-refractivity contribution in [3.05, 3.63) is 35.2 Å². The molecule has 4 rings (SSSR count). The molecular formula is C20H23N5O4. The number of fused-ring (bicyclic) bond motifs is 1. The Kier molecular flexibility index (Phi) is 5.32.